The van der Waals surface area contributed by atoms with Gasteiger partial charge < -0.3 is 16.2 Å². The first-order chi connectivity index (χ1) is 8.65. The molecule has 0 amide bonds. The van der Waals surface area contributed by atoms with Crippen molar-refractivity contribution < 1.29 is 4.74 Å². The predicted octanol–water partition coefficient (Wildman–Crippen LogP) is 3.45. The van der Waals surface area contributed by atoms with Crippen LogP contribution in [0, 0.1) is 11.8 Å². The van der Waals surface area contributed by atoms with Crippen molar-refractivity contribution in [1.29, 1.82) is 0 Å². The molecule has 0 saturated heterocycles. The molecule has 0 aromatic heterocycles. The summed E-state index contributed by atoms with van der Waals surface area (Å²) in [6, 6.07) is 5.43. The lowest BCUT2D eigenvalue weighted by Crippen LogP contribution is -2.15. The Bertz CT molecular complexity index is 384. The Hall–Kier alpha value is -1.38. The Morgan fingerprint density at radius 2 is 1.89 bits per heavy atom. The van der Waals surface area contributed by atoms with Crippen LogP contribution in [0.1, 0.15) is 39.0 Å². The van der Waals surface area contributed by atoms with Crippen molar-refractivity contribution >= 4 is 11.4 Å². The number of benzene rings is 1. The monoisotopic (exact) mass is 248 g/mol. The summed E-state index contributed by atoms with van der Waals surface area (Å²) in [5.41, 5.74) is 12.8. The fraction of sp³-hybridized carbons (Fsp3) is 0.600. The lowest BCUT2D eigenvalue weighted by Gasteiger charge is -2.26. The third kappa shape index (κ3) is 3.56. The zero-order valence-electron chi connectivity index (χ0n) is 11.2. The topological polar surface area (TPSA) is 61.3 Å². The summed E-state index contributed by atoms with van der Waals surface area (Å²) < 4.78 is 5.74. The van der Waals surface area contributed by atoms with Crippen molar-refractivity contribution in [3.05, 3.63) is 18.2 Å². The zero-order valence-corrected chi connectivity index (χ0v) is 11.2. The molecule has 0 atom stereocenters. The second-order valence-corrected chi connectivity index (χ2v) is 5.56. The molecule has 0 heterocycles. The molecule has 1 aromatic rings. The molecule has 1 aliphatic carbocycles. The summed E-state index contributed by atoms with van der Waals surface area (Å²) in [5.74, 6) is 2.50. The third-order valence-electron chi connectivity index (χ3n) is 3.95. The second kappa shape index (κ2) is 5.98. The standard InChI is InChI=1S/C15H24N2O/c1-11-2-4-12(5-3-11)8-9-18-15-7-6-13(16)10-14(15)17/h6-7,10-12H,2-5,8-9,16-17H2,1H3. The minimum atomic E-state index is 0.632. The van der Waals surface area contributed by atoms with E-state index in [4.69, 9.17) is 16.2 Å². The molecule has 100 valence electrons. The molecular formula is C15H24N2O. The van der Waals surface area contributed by atoms with Crippen molar-refractivity contribution in [2.24, 2.45) is 11.8 Å². The Morgan fingerprint density at radius 3 is 2.56 bits per heavy atom. The highest BCUT2D eigenvalue weighted by atomic mass is 16.5. The summed E-state index contributed by atoms with van der Waals surface area (Å²) in [4.78, 5) is 0. The molecule has 1 saturated carbocycles. The van der Waals surface area contributed by atoms with Gasteiger partial charge in [0.15, 0.2) is 0 Å². The van der Waals surface area contributed by atoms with Crippen LogP contribution >= 0.6 is 0 Å². The fourth-order valence-electron chi connectivity index (χ4n) is 2.65. The molecule has 4 N–H and O–H groups in total. The van der Waals surface area contributed by atoms with E-state index in [1.165, 1.54) is 25.7 Å². The predicted molar refractivity (Wildman–Crippen MR) is 76.5 cm³/mol. The van der Waals surface area contributed by atoms with E-state index in [0.29, 0.717) is 11.4 Å². The van der Waals surface area contributed by atoms with E-state index in [2.05, 4.69) is 6.92 Å². The van der Waals surface area contributed by atoms with E-state index < -0.39 is 0 Å². The highest BCUT2D eigenvalue weighted by Gasteiger charge is 2.17. The maximum absolute atomic E-state index is 5.85. The molecule has 2 rings (SSSR count). The second-order valence-electron chi connectivity index (χ2n) is 5.56. The van der Waals surface area contributed by atoms with E-state index in [0.717, 1.165) is 30.6 Å². The molecule has 0 spiro atoms. The van der Waals surface area contributed by atoms with Gasteiger partial charge in [-0.25, -0.2) is 0 Å². The van der Waals surface area contributed by atoms with Gasteiger partial charge in [0, 0.05) is 5.69 Å². The first-order valence-electron chi connectivity index (χ1n) is 6.93. The summed E-state index contributed by atoms with van der Waals surface area (Å²) in [6.07, 6.45) is 6.57. The summed E-state index contributed by atoms with van der Waals surface area (Å²) in [6.45, 7) is 3.11. The highest BCUT2D eigenvalue weighted by Crippen LogP contribution is 2.31. The van der Waals surface area contributed by atoms with Gasteiger partial charge in [0.25, 0.3) is 0 Å². The number of hydrogen-bond donors (Lipinski definition) is 2. The maximum Gasteiger partial charge on any atom is 0.142 e. The van der Waals surface area contributed by atoms with E-state index in [1.54, 1.807) is 6.07 Å². The number of nitrogen functional groups attached to an aromatic ring is 2. The molecule has 0 radical (unpaired) electrons. The Kier molecular flexibility index (Phi) is 4.34. The average molecular weight is 248 g/mol. The van der Waals surface area contributed by atoms with Crippen molar-refractivity contribution in [1.82, 2.24) is 0 Å². The van der Waals surface area contributed by atoms with Gasteiger partial charge in [-0.15, -0.1) is 0 Å². The molecule has 1 aliphatic rings. The van der Waals surface area contributed by atoms with Crippen molar-refractivity contribution in [3.8, 4) is 5.75 Å². The van der Waals surface area contributed by atoms with Crippen LogP contribution in [-0.2, 0) is 0 Å². The number of nitrogens with two attached hydrogens (primary N) is 2. The van der Waals surface area contributed by atoms with Crippen LogP contribution in [0.4, 0.5) is 11.4 Å². The van der Waals surface area contributed by atoms with Crippen LogP contribution < -0.4 is 16.2 Å². The van der Waals surface area contributed by atoms with Gasteiger partial charge in [-0.05, 0) is 36.5 Å². The number of anilines is 2. The molecular weight excluding hydrogens is 224 g/mol. The Labute approximate surface area is 110 Å². The van der Waals surface area contributed by atoms with E-state index in [1.807, 2.05) is 12.1 Å². The number of rotatable bonds is 4. The quantitative estimate of drug-likeness (QED) is 0.802. The van der Waals surface area contributed by atoms with E-state index in [9.17, 15) is 0 Å². The SMILES string of the molecule is CC1CCC(CCOc2ccc(N)cc2N)CC1. The van der Waals surface area contributed by atoms with Crippen LogP contribution in [0.2, 0.25) is 0 Å². The van der Waals surface area contributed by atoms with Crippen LogP contribution in [0.25, 0.3) is 0 Å². The normalized spacial score (nSPS) is 23.8. The van der Waals surface area contributed by atoms with Gasteiger partial charge in [0.2, 0.25) is 0 Å². The van der Waals surface area contributed by atoms with Gasteiger partial charge in [-0.3, -0.25) is 0 Å². The number of ether oxygens (including phenoxy) is 1. The Morgan fingerprint density at radius 1 is 1.17 bits per heavy atom. The summed E-state index contributed by atoms with van der Waals surface area (Å²) >= 11 is 0. The molecule has 0 unspecified atom stereocenters. The highest BCUT2D eigenvalue weighted by molar-refractivity contribution is 5.60. The van der Waals surface area contributed by atoms with Crippen LogP contribution in [0.3, 0.4) is 0 Å². The van der Waals surface area contributed by atoms with Gasteiger partial charge in [-0.2, -0.15) is 0 Å². The lowest BCUT2D eigenvalue weighted by molar-refractivity contribution is 0.224. The van der Waals surface area contributed by atoms with Crippen molar-refractivity contribution in [3.63, 3.8) is 0 Å². The van der Waals surface area contributed by atoms with Gasteiger partial charge in [0.1, 0.15) is 5.75 Å². The van der Waals surface area contributed by atoms with Gasteiger partial charge >= 0.3 is 0 Å². The molecule has 1 fully saturated rings. The molecule has 18 heavy (non-hydrogen) atoms. The fourth-order valence-corrected chi connectivity index (χ4v) is 2.65. The molecule has 1 aromatic carbocycles. The minimum Gasteiger partial charge on any atom is -0.491 e. The molecule has 3 nitrogen and oxygen atoms in total. The summed E-state index contributed by atoms with van der Waals surface area (Å²) in [7, 11) is 0. The third-order valence-corrected chi connectivity index (χ3v) is 3.95. The van der Waals surface area contributed by atoms with Crippen molar-refractivity contribution in [2.45, 2.75) is 39.0 Å². The van der Waals surface area contributed by atoms with Gasteiger partial charge in [0.05, 0.1) is 12.3 Å². The molecule has 3 heteroatoms. The largest absolute Gasteiger partial charge is 0.491 e. The zero-order chi connectivity index (χ0) is 13.0. The molecule has 0 aliphatic heterocycles. The first kappa shape index (κ1) is 13.1. The first-order valence-corrected chi connectivity index (χ1v) is 6.93. The van der Waals surface area contributed by atoms with Gasteiger partial charge in [-0.1, -0.05) is 32.6 Å². The van der Waals surface area contributed by atoms with E-state index in [-0.39, 0.29) is 0 Å². The number of hydrogen-bond acceptors (Lipinski definition) is 3. The van der Waals surface area contributed by atoms with Crippen LogP contribution in [-0.4, -0.2) is 6.61 Å². The van der Waals surface area contributed by atoms with E-state index >= 15 is 0 Å². The smallest absolute Gasteiger partial charge is 0.142 e. The average Bonchev–Trinajstić information content (AvgIpc) is 2.34. The minimum absolute atomic E-state index is 0.632. The molecule has 0 bridgehead atoms. The Balaban J connectivity index is 1.75. The summed E-state index contributed by atoms with van der Waals surface area (Å²) in [5, 5.41) is 0. The van der Waals surface area contributed by atoms with Crippen LogP contribution in [0.15, 0.2) is 18.2 Å². The van der Waals surface area contributed by atoms with Crippen LogP contribution in [0.5, 0.6) is 5.75 Å². The van der Waals surface area contributed by atoms with Crippen molar-refractivity contribution in [2.75, 3.05) is 18.1 Å². The lowest BCUT2D eigenvalue weighted by atomic mass is 9.82. The maximum atomic E-state index is 5.85.